The standard InChI is InChI=1S/C13H13BrN2O2/c1-7-6-10(9(3)18-7)13(17)16-12-5-4-11(14)8(2)15-12/h4-6H,1-3H3,(H,15,16,17). The van der Waals surface area contributed by atoms with Gasteiger partial charge in [-0.1, -0.05) is 0 Å². The van der Waals surface area contributed by atoms with Crippen molar-refractivity contribution in [3.63, 3.8) is 0 Å². The van der Waals surface area contributed by atoms with Crippen molar-refractivity contribution in [2.45, 2.75) is 20.8 Å². The van der Waals surface area contributed by atoms with Gasteiger partial charge in [-0.2, -0.15) is 0 Å². The first-order valence-electron chi connectivity index (χ1n) is 5.49. The van der Waals surface area contributed by atoms with Crippen molar-refractivity contribution < 1.29 is 9.21 Å². The Morgan fingerprint density at radius 1 is 1.33 bits per heavy atom. The molecule has 4 nitrogen and oxygen atoms in total. The van der Waals surface area contributed by atoms with Gasteiger partial charge in [-0.3, -0.25) is 4.79 Å². The lowest BCUT2D eigenvalue weighted by atomic mass is 10.2. The average molecular weight is 309 g/mol. The number of aryl methyl sites for hydroxylation is 3. The van der Waals surface area contributed by atoms with E-state index in [1.54, 1.807) is 19.1 Å². The molecule has 0 radical (unpaired) electrons. The van der Waals surface area contributed by atoms with Crippen LogP contribution in [0.15, 0.2) is 27.1 Å². The van der Waals surface area contributed by atoms with Crippen LogP contribution in [0.1, 0.15) is 27.6 Å². The highest BCUT2D eigenvalue weighted by atomic mass is 79.9. The summed E-state index contributed by atoms with van der Waals surface area (Å²) in [4.78, 5) is 16.3. The second kappa shape index (κ2) is 4.94. The molecule has 0 aromatic carbocycles. The minimum atomic E-state index is -0.210. The Bertz CT molecular complexity index is 605. The number of furan rings is 1. The van der Waals surface area contributed by atoms with Gasteiger partial charge in [0.2, 0.25) is 0 Å². The zero-order valence-electron chi connectivity index (χ0n) is 10.4. The van der Waals surface area contributed by atoms with Gasteiger partial charge < -0.3 is 9.73 Å². The third kappa shape index (κ3) is 2.61. The second-order valence-corrected chi connectivity index (χ2v) is 4.90. The second-order valence-electron chi connectivity index (χ2n) is 4.04. The predicted octanol–water partition coefficient (Wildman–Crippen LogP) is 3.61. The van der Waals surface area contributed by atoms with Crippen LogP contribution in [0.3, 0.4) is 0 Å². The zero-order valence-corrected chi connectivity index (χ0v) is 12.0. The first kappa shape index (κ1) is 12.8. The van der Waals surface area contributed by atoms with Gasteiger partial charge in [-0.25, -0.2) is 4.98 Å². The van der Waals surface area contributed by atoms with Crippen molar-refractivity contribution in [2.75, 3.05) is 5.32 Å². The van der Waals surface area contributed by atoms with E-state index in [-0.39, 0.29) is 5.91 Å². The molecule has 0 bridgehead atoms. The van der Waals surface area contributed by atoms with E-state index in [0.29, 0.717) is 17.1 Å². The van der Waals surface area contributed by atoms with E-state index in [1.165, 1.54) is 0 Å². The number of aromatic nitrogens is 1. The van der Waals surface area contributed by atoms with E-state index < -0.39 is 0 Å². The van der Waals surface area contributed by atoms with Gasteiger partial charge in [-0.05, 0) is 54.9 Å². The summed E-state index contributed by atoms with van der Waals surface area (Å²) in [7, 11) is 0. The molecule has 18 heavy (non-hydrogen) atoms. The van der Waals surface area contributed by atoms with E-state index in [2.05, 4.69) is 26.2 Å². The van der Waals surface area contributed by atoms with Crippen LogP contribution in [0.4, 0.5) is 5.82 Å². The van der Waals surface area contributed by atoms with Crippen molar-refractivity contribution >= 4 is 27.7 Å². The monoisotopic (exact) mass is 308 g/mol. The number of amides is 1. The lowest BCUT2D eigenvalue weighted by molar-refractivity contribution is 0.102. The number of carbonyl (C=O) groups excluding carboxylic acids is 1. The third-order valence-corrected chi connectivity index (χ3v) is 3.39. The van der Waals surface area contributed by atoms with Crippen molar-refractivity contribution in [3.05, 3.63) is 45.4 Å². The van der Waals surface area contributed by atoms with E-state index in [0.717, 1.165) is 15.9 Å². The van der Waals surface area contributed by atoms with E-state index in [4.69, 9.17) is 4.42 Å². The van der Waals surface area contributed by atoms with Crippen LogP contribution in [0.25, 0.3) is 0 Å². The highest BCUT2D eigenvalue weighted by molar-refractivity contribution is 9.10. The fraction of sp³-hybridized carbons (Fsp3) is 0.231. The molecule has 0 spiro atoms. The Balaban J connectivity index is 2.21. The molecular formula is C13H13BrN2O2. The Hall–Kier alpha value is -1.62. The van der Waals surface area contributed by atoms with Crippen LogP contribution in [0.2, 0.25) is 0 Å². The Morgan fingerprint density at radius 3 is 2.61 bits per heavy atom. The molecule has 94 valence electrons. The van der Waals surface area contributed by atoms with Crippen LogP contribution in [-0.4, -0.2) is 10.9 Å². The van der Waals surface area contributed by atoms with Crippen LogP contribution >= 0.6 is 15.9 Å². The maximum absolute atomic E-state index is 12.0. The molecule has 1 N–H and O–H groups in total. The molecule has 2 aromatic rings. The molecule has 0 saturated carbocycles. The van der Waals surface area contributed by atoms with Crippen molar-refractivity contribution in [1.29, 1.82) is 0 Å². The van der Waals surface area contributed by atoms with Crippen molar-refractivity contribution in [3.8, 4) is 0 Å². The normalized spacial score (nSPS) is 10.4. The van der Waals surface area contributed by atoms with Crippen molar-refractivity contribution in [2.24, 2.45) is 0 Å². The SMILES string of the molecule is Cc1cc(C(=O)Nc2ccc(Br)c(C)n2)c(C)o1. The summed E-state index contributed by atoms with van der Waals surface area (Å²) in [6.45, 7) is 5.45. The number of pyridine rings is 1. The maximum Gasteiger partial charge on any atom is 0.260 e. The van der Waals surface area contributed by atoms with Gasteiger partial charge >= 0.3 is 0 Å². The topological polar surface area (TPSA) is 55.1 Å². The van der Waals surface area contributed by atoms with E-state index in [9.17, 15) is 4.79 Å². The third-order valence-electron chi connectivity index (χ3n) is 2.55. The fourth-order valence-corrected chi connectivity index (χ4v) is 1.87. The molecular weight excluding hydrogens is 296 g/mol. The fourth-order valence-electron chi connectivity index (χ4n) is 1.65. The summed E-state index contributed by atoms with van der Waals surface area (Å²) in [5.41, 5.74) is 1.36. The summed E-state index contributed by atoms with van der Waals surface area (Å²) < 4.78 is 6.24. The lowest BCUT2D eigenvalue weighted by Crippen LogP contribution is -2.13. The molecule has 2 aromatic heterocycles. The number of carbonyl (C=O) groups is 1. The molecule has 0 aliphatic heterocycles. The summed E-state index contributed by atoms with van der Waals surface area (Å²) in [6, 6.07) is 5.32. The van der Waals surface area contributed by atoms with Crippen LogP contribution in [0, 0.1) is 20.8 Å². The number of anilines is 1. The molecule has 0 saturated heterocycles. The molecule has 0 atom stereocenters. The first-order chi connectivity index (χ1) is 8.47. The summed E-state index contributed by atoms with van der Waals surface area (Å²) in [5, 5.41) is 2.75. The molecule has 2 heterocycles. The number of hydrogen-bond donors (Lipinski definition) is 1. The van der Waals surface area contributed by atoms with Gasteiger partial charge in [0, 0.05) is 4.47 Å². The molecule has 2 rings (SSSR count). The quantitative estimate of drug-likeness (QED) is 0.922. The van der Waals surface area contributed by atoms with Gasteiger partial charge in [0.1, 0.15) is 17.3 Å². The number of hydrogen-bond acceptors (Lipinski definition) is 3. The van der Waals surface area contributed by atoms with E-state index >= 15 is 0 Å². The summed E-state index contributed by atoms with van der Waals surface area (Å²) >= 11 is 3.37. The van der Waals surface area contributed by atoms with Crippen LogP contribution in [-0.2, 0) is 0 Å². The van der Waals surface area contributed by atoms with Gasteiger partial charge in [0.05, 0.1) is 11.3 Å². The average Bonchev–Trinajstić information content (AvgIpc) is 2.63. The Kier molecular flexibility index (Phi) is 3.52. The number of rotatable bonds is 2. The molecule has 1 amide bonds. The zero-order chi connectivity index (χ0) is 13.3. The largest absolute Gasteiger partial charge is 0.466 e. The smallest absolute Gasteiger partial charge is 0.260 e. The summed E-state index contributed by atoms with van der Waals surface area (Å²) in [5.74, 6) is 1.65. The van der Waals surface area contributed by atoms with Crippen molar-refractivity contribution in [1.82, 2.24) is 4.98 Å². The maximum atomic E-state index is 12.0. The molecule has 0 aliphatic carbocycles. The highest BCUT2D eigenvalue weighted by Gasteiger charge is 2.14. The minimum Gasteiger partial charge on any atom is -0.466 e. The molecule has 5 heteroatoms. The van der Waals surface area contributed by atoms with Gasteiger partial charge in [0.15, 0.2) is 0 Å². The molecule has 0 aliphatic rings. The van der Waals surface area contributed by atoms with E-state index in [1.807, 2.05) is 19.9 Å². The highest BCUT2D eigenvalue weighted by Crippen LogP contribution is 2.18. The van der Waals surface area contributed by atoms with Gasteiger partial charge in [0.25, 0.3) is 5.91 Å². The summed E-state index contributed by atoms with van der Waals surface area (Å²) in [6.07, 6.45) is 0. The Morgan fingerprint density at radius 2 is 2.06 bits per heavy atom. The molecule has 0 unspecified atom stereocenters. The first-order valence-corrected chi connectivity index (χ1v) is 6.28. The number of nitrogens with zero attached hydrogens (tertiary/aromatic N) is 1. The minimum absolute atomic E-state index is 0.210. The van der Waals surface area contributed by atoms with Gasteiger partial charge in [-0.15, -0.1) is 0 Å². The van der Waals surface area contributed by atoms with Crippen LogP contribution in [0.5, 0.6) is 0 Å². The lowest BCUT2D eigenvalue weighted by Gasteiger charge is -2.05. The number of nitrogens with one attached hydrogen (secondary N) is 1. The van der Waals surface area contributed by atoms with Crippen LogP contribution < -0.4 is 5.32 Å². The Labute approximate surface area is 114 Å². The number of halogens is 1. The molecule has 0 fully saturated rings. The predicted molar refractivity (Wildman–Crippen MR) is 72.8 cm³/mol.